The van der Waals surface area contributed by atoms with E-state index in [1.54, 1.807) is 0 Å². The Kier molecular flexibility index (Phi) is 6.09. The number of anilines is 1. The minimum atomic E-state index is -0.225. The van der Waals surface area contributed by atoms with Crippen molar-refractivity contribution in [3.05, 3.63) is 77.6 Å². The van der Waals surface area contributed by atoms with Crippen molar-refractivity contribution in [1.82, 2.24) is 14.9 Å². The van der Waals surface area contributed by atoms with Gasteiger partial charge in [0.05, 0.1) is 5.69 Å². The minimum absolute atomic E-state index is 0.225. The molecule has 0 bridgehead atoms. The van der Waals surface area contributed by atoms with E-state index in [2.05, 4.69) is 53.1 Å². The third kappa shape index (κ3) is 4.68. The van der Waals surface area contributed by atoms with Crippen LogP contribution >= 0.6 is 0 Å². The lowest BCUT2D eigenvalue weighted by atomic mass is 9.89. The Balaban J connectivity index is 1.54. The predicted molar refractivity (Wildman–Crippen MR) is 120 cm³/mol. The second-order valence-electron chi connectivity index (χ2n) is 8.36. The maximum Gasteiger partial charge on any atom is 0.125 e. The molecule has 2 heterocycles. The first-order valence-electron chi connectivity index (χ1n) is 10.6. The molecule has 0 amide bonds. The third-order valence-electron chi connectivity index (χ3n) is 5.85. The highest BCUT2D eigenvalue weighted by Gasteiger charge is 2.25. The van der Waals surface area contributed by atoms with Crippen LogP contribution in [0.4, 0.5) is 10.1 Å². The van der Waals surface area contributed by atoms with Crippen molar-refractivity contribution in [2.24, 2.45) is 0 Å². The van der Waals surface area contributed by atoms with Gasteiger partial charge in [0.2, 0.25) is 0 Å². The van der Waals surface area contributed by atoms with E-state index < -0.39 is 0 Å². The predicted octanol–water partition coefficient (Wildman–Crippen LogP) is 5.04. The van der Waals surface area contributed by atoms with E-state index in [4.69, 9.17) is 4.98 Å². The lowest BCUT2D eigenvalue weighted by Crippen LogP contribution is -2.34. The first-order chi connectivity index (χ1) is 14.5. The lowest BCUT2D eigenvalue weighted by molar-refractivity contribution is 0.198. The number of hydrogen-bond donors (Lipinski definition) is 0. The van der Waals surface area contributed by atoms with E-state index in [9.17, 15) is 4.39 Å². The van der Waals surface area contributed by atoms with Crippen LogP contribution in [0.2, 0.25) is 0 Å². The topological polar surface area (TPSA) is 32.3 Å². The first-order valence-corrected chi connectivity index (χ1v) is 10.6. The molecule has 3 aromatic rings. The standard InChI is InChI=1S/C25H29FN4/c1-18-27-15-24(20-8-10-22(26)11-9-20)25(28-18)21-5-4-14-30(17-21)16-19-6-12-23(13-7-19)29(2)3/h6-13,15,21H,4-5,14,16-17H2,1-3H3. The Labute approximate surface area is 178 Å². The molecule has 2 aromatic carbocycles. The smallest absolute Gasteiger partial charge is 0.125 e. The Bertz CT molecular complexity index is 983. The number of benzene rings is 2. The summed E-state index contributed by atoms with van der Waals surface area (Å²) in [4.78, 5) is 13.9. The Morgan fingerprint density at radius 3 is 2.50 bits per heavy atom. The number of rotatable bonds is 5. The SMILES string of the molecule is Cc1ncc(-c2ccc(F)cc2)c(C2CCCN(Cc3ccc(N(C)C)cc3)C2)n1. The number of aromatic nitrogens is 2. The van der Waals surface area contributed by atoms with Crippen LogP contribution in [0.1, 0.15) is 35.8 Å². The van der Waals surface area contributed by atoms with Gasteiger partial charge in [-0.05, 0) is 61.7 Å². The molecule has 1 aliphatic rings. The highest BCUT2D eigenvalue weighted by molar-refractivity contribution is 5.65. The van der Waals surface area contributed by atoms with Crippen molar-refractivity contribution in [3.63, 3.8) is 0 Å². The van der Waals surface area contributed by atoms with Crippen LogP contribution < -0.4 is 4.90 Å². The molecule has 0 aliphatic carbocycles. The molecule has 156 valence electrons. The second-order valence-corrected chi connectivity index (χ2v) is 8.36. The van der Waals surface area contributed by atoms with E-state index in [-0.39, 0.29) is 5.82 Å². The van der Waals surface area contributed by atoms with Gasteiger partial charge in [0, 0.05) is 50.6 Å². The van der Waals surface area contributed by atoms with Crippen molar-refractivity contribution in [3.8, 4) is 11.1 Å². The Morgan fingerprint density at radius 2 is 1.80 bits per heavy atom. The summed E-state index contributed by atoms with van der Waals surface area (Å²) < 4.78 is 13.4. The normalized spacial score (nSPS) is 17.1. The fourth-order valence-electron chi connectivity index (χ4n) is 4.23. The van der Waals surface area contributed by atoms with Crippen LogP contribution in [0, 0.1) is 12.7 Å². The molecule has 4 nitrogen and oxygen atoms in total. The van der Waals surface area contributed by atoms with Gasteiger partial charge in [-0.2, -0.15) is 0 Å². The number of nitrogens with zero attached hydrogens (tertiary/aromatic N) is 4. The monoisotopic (exact) mass is 404 g/mol. The van der Waals surface area contributed by atoms with Gasteiger partial charge in [-0.15, -0.1) is 0 Å². The van der Waals surface area contributed by atoms with Crippen LogP contribution in [0.25, 0.3) is 11.1 Å². The second kappa shape index (κ2) is 8.92. The number of aryl methyl sites for hydroxylation is 1. The van der Waals surface area contributed by atoms with Crippen LogP contribution in [-0.4, -0.2) is 42.1 Å². The van der Waals surface area contributed by atoms with Gasteiger partial charge >= 0.3 is 0 Å². The molecule has 1 aromatic heterocycles. The zero-order valence-electron chi connectivity index (χ0n) is 18.0. The molecule has 4 rings (SSSR count). The first kappa shape index (κ1) is 20.5. The van der Waals surface area contributed by atoms with Crippen molar-refractivity contribution < 1.29 is 4.39 Å². The number of halogens is 1. The van der Waals surface area contributed by atoms with Gasteiger partial charge in [0.25, 0.3) is 0 Å². The molecule has 1 saturated heterocycles. The number of hydrogen-bond acceptors (Lipinski definition) is 4. The molecule has 0 N–H and O–H groups in total. The summed E-state index contributed by atoms with van der Waals surface area (Å²) in [5.41, 5.74) is 5.63. The van der Waals surface area contributed by atoms with Crippen LogP contribution in [-0.2, 0) is 6.54 Å². The minimum Gasteiger partial charge on any atom is -0.378 e. The quantitative estimate of drug-likeness (QED) is 0.597. The van der Waals surface area contributed by atoms with Gasteiger partial charge in [-0.1, -0.05) is 24.3 Å². The van der Waals surface area contributed by atoms with Crippen LogP contribution in [0.3, 0.4) is 0 Å². The summed E-state index contributed by atoms with van der Waals surface area (Å²) in [6.07, 6.45) is 4.15. The van der Waals surface area contributed by atoms with Crippen molar-refractivity contribution in [1.29, 1.82) is 0 Å². The van der Waals surface area contributed by atoms with Gasteiger partial charge in [-0.3, -0.25) is 4.90 Å². The highest BCUT2D eigenvalue weighted by Crippen LogP contribution is 2.33. The largest absolute Gasteiger partial charge is 0.378 e. The summed E-state index contributed by atoms with van der Waals surface area (Å²) in [6.45, 7) is 4.95. The van der Waals surface area contributed by atoms with Gasteiger partial charge < -0.3 is 4.90 Å². The van der Waals surface area contributed by atoms with Crippen LogP contribution in [0.15, 0.2) is 54.7 Å². The summed E-state index contributed by atoms with van der Waals surface area (Å²) in [6, 6.07) is 15.4. The zero-order chi connectivity index (χ0) is 21.1. The number of piperidine rings is 1. The molecule has 5 heteroatoms. The van der Waals surface area contributed by atoms with E-state index in [0.717, 1.165) is 55.1 Å². The fourth-order valence-corrected chi connectivity index (χ4v) is 4.23. The molecule has 0 radical (unpaired) electrons. The Morgan fingerprint density at radius 1 is 1.07 bits per heavy atom. The molecule has 1 fully saturated rings. The summed E-state index contributed by atoms with van der Waals surface area (Å²) in [7, 11) is 4.12. The molecular weight excluding hydrogens is 375 g/mol. The molecule has 0 spiro atoms. The molecular formula is C25H29FN4. The molecule has 1 unspecified atom stereocenters. The van der Waals surface area contributed by atoms with Gasteiger partial charge in [0.15, 0.2) is 0 Å². The average Bonchev–Trinajstić information content (AvgIpc) is 2.75. The molecule has 1 aliphatic heterocycles. The van der Waals surface area contributed by atoms with Crippen molar-refractivity contribution in [2.75, 3.05) is 32.1 Å². The molecule has 30 heavy (non-hydrogen) atoms. The number of likely N-dealkylation sites (tertiary alicyclic amines) is 1. The van der Waals surface area contributed by atoms with Crippen molar-refractivity contribution >= 4 is 5.69 Å². The van der Waals surface area contributed by atoms with E-state index in [1.165, 1.54) is 23.4 Å². The van der Waals surface area contributed by atoms with Gasteiger partial charge in [-0.25, -0.2) is 14.4 Å². The fraction of sp³-hybridized carbons (Fsp3) is 0.360. The maximum atomic E-state index is 13.4. The third-order valence-corrected chi connectivity index (χ3v) is 5.85. The lowest BCUT2D eigenvalue weighted by Gasteiger charge is -2.33. The average molecular weight is 405 g/mol. The summed E-state index contributed by atoms with van der Waals surface area (Å²) in [5.74, 6) is 0.909. The maximum absolute atomic E-state index is 13.4. The highest BCUT2D eigenvalue weighted by atomic mass is 19.1. The molecule has 0 saturated carbocycles. The summed E-state index contributed by atoms with van der Waals surface area (Å²) >= 11 is 0. The zero-order valence-corrected chi connectivity index (χ0v) is 18.0. The Hall–Kier alpha value is -2.79. The van der Waals surface area contributed by atoms with E-state index in [0.29, 0.717) is 5.92 Å². The molecule has 1 atom stereocenters. The van der Waals surface area contributed by atoms with E-state index >= 15 is 0 Å². The van der Waals surface area contributed by atoms with Crippen molar-refractivity contribution in [2.45, 2.75) is 32.2 Å². The van der Waals surface area contributed by atoms with Crippen LogP contribution in [0.5, 0.6) is 0 Å². The van der Waals surface area contributed by atoms with Gasteiger partial charge in [0.1, 0.15) is 11.6 Å². The van der Waals surface area contributed by atoms with E-state index in [1.807, 2.05) is 25.3 Å². The summed E-state index contributed by atoms with van der Waals surface area (Å²) in [5, 5.41) is 0.